The van der Waals surface area contributed by atoms with Gasteiger partial charge in [0.05, 0.1) is 29.7 Å². The van der Waals surface area contributed by atoms with Gasteiger partial charge in [0.25, 0.3) is 15.8 Å². The molecule has 1 unspecified atom stereocenters. The van der Waals surface area contributed by atoms with Gasteiger partial charge >= 0.3 is 0 Å². The third-order valence-electron chi connectivity index (χ3n) is 7.94. The Kier molecular flexibility index (Phi) is 6.27. The van der Waals surface area contributed by atoms with Crippen molar-refractivity contribution in [1.82, 2.24) is 19.6 Å². The van der Waals surface area contributed by atoms with E-state index in [2.05, 4.69) is 10.3 Å². The number of aromatic amines is 1. The number of ether oxygens (including phenoxy) is 2. The van der Waals surface area contributed by atoms with Crippen LogP contribution in [0, 0.1) is 0 Å². The fourth-order valence-electron chi connectivity index (χ4n) is 5.81. The highest BCUT2D eigenvalue weighted by Gasteiger charge is 2.44. The molecule has 0 amide bonds. The molecule has 12 heteroatoms. The Morgan fingerprint density at radius 1 is 1.13 bits per heavy atom. The summed E-state index contributed by atoms with van der Waals surface area (Å²) >= 11 is 0. The van der Waals surface area contributed by atoms with Gasteiger partial charge in [-0.15, -0.1) is 0 Å². The minimum Gasteiger partial charge on any atom is -0.457 e. The van der Waals surface area contributed by atoms with Crippen LogP contribution in [0.15, 0.2) is 47.3 Å². The van der Waals surface area contributed by atoms with E-state index >= 15 is 4.39 Å². The van der Waals surface area contributed by atoms with E-state index in [4.69, 9.17) is 19.6 Å². The molecule has 38 heavy (non-hydrogen) atoms. The summed E-state index contributed by atoms with van der Waals surface area (Å²) in [7, 11) is -3.97. The molecule has 1 aromatic heterocycles. The van der Waals surface area contributed by atoms with E-state index in [1.807, 2.05) is 0 Å². The summed E-state index contributed by atoms with van der Waals surface area (Å²) in [6, 6.07) is 11.5. The largest absolute Gasteiger partial charge is 0.457 e. The van der Waals surface area contributed by atoms with Gasteiger partial charge in [0.2, 0.25) is 0 Å². The van der Waals surface area contributed by atoms with Gasteiger partial charge in [0.15, 0.2) is 5.67 Å². The van der Waals surface area contributed by atoms with Gasteiger partial charge < -0.3 is 19.8 Å². The molecule has 3 aliphatic heterocycles. The number of nitrogens with two attached hydrogens (primary N) is 1. The summed E-state index contributed by atoms with van der Waals surface area (Å²) in [5.74, 6) is 1.44. The molecule has 202 valence electrons. The average molecular weight is 544 g/mol. The predicted octanol–water partition coefficient (Wildman–Crippen LogP) is 2.42. The van der Waals surface area contributed by atoms with Gasteiger partial charge in [-0.1, -0.05) is 12.1 Å². The van der Waals surface area contributed by atoms with Crippen LogP contribution in [-0.4, -0.2) is 61.1 Å². The first-order valence-corrected chi connectivity index (χ1v) is 14.3. The topological polar surface area (TPSA) is 140 Å². The van der Waals surface area contributed by atoms with E-state index in [0.717, 1.165) is 36.7 Å². The highest BCUT2D eigenvalue weighted by molar-refractivity contribution is 7.86. The van der Waals surface area contributed by atoms with Crippen molar-refractivity contribution < 1.29 is 22.3 Å². The van der Waals surface area contributed by atoms with Gasteiger partial charge in [0.1, 0.15) is 17.3 Å². The maximum absolute atomic E-state index is 15.6. The summed E-state index contributed by atoms with van der Waals surface area (Å²) in [5.41, 5.74) is -1.40. The number of H-pyrrole nitrogens is 1. The van der Waals surface area contributed by atoms with Crippen molar-refractivity contribution in [2.24, 2.45) is 5.14 Å². The summed E-state index contributed by atoms with van der Waals surface area (Å²) in [4.78, 5) is 20.7. The Hall–Kier alpha value is -2.90. The van der Waals surface area contributed by atoms with E-state index < -0.39 is 15.9 Å². The van der Waals surface area contributed by atoms with Crippen LogP contribution in [0.2, 0.25) is 0 Å². The predicted molar refractivity (Wildman–Crippen MR) is 139 cm³/mol. The monoisotopic (exact) mass is 543 g/mol. The van der Waals surface area contributed by atoms with Gasteiger partial charge in [-0.25, -0.2) is 14.5 Å². The number of rotatable bonds is 5. The molecule has 3 aromatic rings. The standard InChI is InChI=1S/C26H30FN5O5S/c27-26(8-11-32(16-26)38(28,34)35)18-2-1-3-19(12-18)37-20-4-5-22-21(13-20)24(33)31-23(30-22)17-14-25(36-15-17)6-9-29-10-7-25/h1-5,12-13,17,29H,6-11,14-16H2,(H2,28,34,35)(H,30,31,33)/t17-,26?/m1/s1. The first-order valence-electron chi connectivity index (χ1n) is 12.8. The lowest BCUT2D eigenvalue weighted by molar-refractivity contribution is -0.0193. The number of aromatic nitrogens is 2. The maximum atomic E-state index is 15.6. The van der Waals surface area contributed by atoms with Crippen molar-refractivity contribution in [3.05, 3.63) is 64.2 Å². The number of nitrogens with one attached hydrogen (secondary N) is 2. The molecule has 3 fully saturated rings. The highest BCUT2D eigenvalue weighted by atomic mass is 32.2. The molecule has 0 saturated carbocycles. The Labute approximate surface area is 219 Å². The second-order valence-corrected chi connectivity index (χ2v) is 12.0. The lowest BCUT2D eigenvalue weighted by Crippen LogP contribution is -2.41. The van der Waals surface area contributed by atoms with Crippen LogP contribution in [0.1, 0.15) is 43.0 Å². The maximum Gasteiger partial charge on any atom is 0.277 e. The van der Waals surface area contributed by atoms with Crippen LogP contribution in [0.3, 0.4) is 0 Å². The molecule has 4 N–H and O–H groups in total. The van der Waals surface area contributed by atoms with Crippen LogP contribution in [-0.2, 0) is 20.6 Å². The first kappa shape index (κ1) is 25.4. The van der Waals surface area contributed by atoms with Crippen molar-refractivity contribution in [2.45, 2.75) is 42.9 Å². The summed E-state index contributed by atoms with van der Waals surface area (Å²) < 4.78 is 51.9. The summed E-state index contributed by atoms with van der Waals surface area (Å²) in [6.45, 7) is 2.06. The van der Waals surface area contributed by atoms with E-state index in [9.17, 15) is 13.2 Å². The number of halogens is 1. The van der Waals surface area contributed by atoms with Crippen LogP contribution >= 0.6 is 0 Å². The Bertz CT molecular complexity index is 1540. The van der Waals surface area contributed by atoms with Crippen LogP contribution in [0.4, 0.5) is 4.39 Å². The quantitative estimate of drug-likeness (QED) is 0.449. The molecule has 3 aliphatic rings. The summed E-state index contributed by atoms with van der Waals surface area (Å²) in [5, 5.41) is 8.92. The van der Waals surface area contributed by atoms with E-state index in [1.165, 1.54) is 0 Å². The molecular formula is C26H30FN5O5S. The smallest absolute Gasteiger partial charge is 0.277 e. The van der Waals surface area contributed by atoms with Crippen molar-refractivity contribution >= 4 is 21.1 Å². The Balaban J connectivity index is 1.21. The van der Waals surface area contributed by atoms with Gasteiger partial charge in [-0.05, 0) is 68.2 Å². The minimum atomic E-state index is -3.97. The highest BCUT2D eigenvalue weighted by Crippen LogP contribution is 2.41. The lowest BCUT2D eigenvalue weighted by atomic mass is 9.86. The molecule has 6 rings (SSSR count). The third-order valence-corrected chi connectivity index (χ3v) is 8.97. The zero-order chi connectivity index (χ0) is 26.5. The first-order chi connectivity index (χ1) is 18.1. The SMILES string of the molecule is NS(=O)(=O)N1CCC(F)(c2cccc(Oc3ccc4nc([C@H]5COC6(CCNCC6)C5)[nH]c(=O)c4c3)c2)C1. The zero-order valence-electron chi connectivity index (χ0n) is 20.8. The van der Waals surface area contributed by atoms with Crippen molar-refractivity contribution in [2.75, 3.05) is 32.8 Å². The third kappa shape index (κ3) is 4.82. The van der Waals surface area contributed by atoms with E-state index in [-0.39, 0.29) is 36.6 Å². The molecule has 0 radical (unpaired) electrons. The number of hydrogen-bond acceptors (Lipinski definition) is 7. The van der Waals surface area contributed by atoms with Gasteiger partial charge in [0, 0.05) is 18.9 Å². The number of benzene rings is 2. The van der Waals surface area contributed by atoms with E-state index in [1.54, 1.807) is 42.5 Å². The van der Waals surface area contributed by atoms with E-state index in [0.29, 0.717) is 40.4 Å². The second-order valence-electron chi connectivity index (χ2n) is 10.5. The molecule has 2 atom stereocenters. The molecule has 0 aliphatic carbocycles. The van der Waals surface area contributed by atoms with Crippen LogP contribution in [0.5, 0.6) is 11.5 Å². The van der Waals surface area contributed by atoms with Crippen molar-refractivity contribution in [3.63, 3.8) is 0 Å². The fraction of sp³-hybridized carbons (Fsp3) is 0.462. The average Bonchev–Trinajstić information content (AvgIpc) is 3.50. The normalized spacial score (nSPS) is 25.8. The van der Waals surface area contributed by atoms with Crippen LogP contribution in [0.25, 0.3) is 10.9 Å². The lowest BCUT2D eigenvalue weighted by Gasteiger charge is -2.32. The van der Waals surface area contributed by atoms with Gasteiger partial charge in [-0.3, -0.25) is 4.79 Å². The Morgan fingerprint density at radius 2 is 1.92 bits per heavy atom. The molecule has 3 saturated heterocycles. The number of hydrogen-bond donors (Lipinski definition) is 3. The van der Waals surface area contributed by atoms with Crippen LogP contribution < -0.4 is 20.8 Å². The molecule has 4 heterocycles. The number of nitrogens with zero attached hydrogens (tertiary/aromatic N) is 2. The summed E-state index contributed by atoms with van der Waals surface area (Å²) in [6.07, 6.45) is 2.75. The Morgan fingerprint density at radius 3 is 2.68 bits per heavy atom. The molecule has 2 aromatic carbocycles. The molecule has 1 spiro atoms. The molecule has 10 nitrogen and oxygen atoms in total. The van der Waals surface area contributed by atoms with Crippen molar-refractivity contribution in [3.8, 4) is 11.5 Å². The number of piperidine rings is 1. The van der Waals surface area contributed by atoms with Crippen molar-refractivity contribution in [1.29, 1.82) is 0 Å². The fourth-order valence-corrected chi connectivity index (χ4v) is 6.54. The zero-order valence-corrected chi connectivity index (χ0v) is 21.6. The number of fused-ring (bicyclic) bond motifs is 1. The number of alkyl halides is 1. The van der Waals surface area contributed by atoms with Gasteiger partial charge in [-0.2, -0.15) is 12.7 Å². The molecular weight excluding hydrogens is 513 g/mol. The second kappa shape index (κ2) is 9.38. The molecule has 0 bridgehead atoms. The minimum absolute atomic E-state index is 0.00369.